The van der Waals surface area contributed by atoms with Crippen LogP contribution in [0.15, 0.2) is 42.5 Å². The van der Waals surface area contributed by atoms with Gasteiger partial charge >= 0.3 is 0 Å². The number of rotatable bonds is 9. The van der Waals surface area contributed by atoms with Crippen molar-refractivity contribution in [2.24, 2.45) is 0 Å². The summed E-state index contributed by atoms with van der Waals surface area (Å²) in [5.74, 6) is 1.53. The summed E-state index contributed by atoms with van der Waals surface area (Å²) in [6, 6.07) is 14.2. The average molecular weight is 315 g/mol. The van der Waals surface area contributed by atoms with Crippen LogP contribution in [-0.4, -0.2) is 20.3 Å². The van der Waals surface area contributed by atoms with Gasteiger partial charge in [0.15, 0.2) is 11.5 Å². The molecule has 0 bridgehead atoms. The van der Waals surface area contributed by atoms with E-state index in [4.69, 9.17) is 14.2 Å². The summed E-state index contributed by atoms with van der Waals surface area (Å²) in [5, 5.41) is 3.47. The van der Waals surface area contributed by atoms with Crippen LogP contribution in [0.25, 0.3) is 0 Å². The molecule has 0 aliphatic rings. The van der Waals surface area contributed by atoms with Crippen molar-refractivity contribution in [3.63, 3.8) is 0 Å². The minimum Gasteiger partial charge on any atom is -0.493 e. The number of hydrogen-bond donors (Lipinski definition) is 1. The minimum absolute atomic E-state index is 0.616. The summed E-state index contributed by atoms with van der Waals surface area (Å²) < 4.78 is 16.5. The number of methoxy groups -OCH3 is 1. The maximum atomic E-state index is 5.62. The lowest BCUT2D eigenvalue weighted by molar-refractivity contribution is 0.134. The van der Waals surface area contributed by atoms with Crippen molar-refractivity contribution in [1.82, 2.24) is 0 Å². The molecule has 0 atom stereocenters. The van der Waals surface area contributed by atoms with Gasteiger partial charge in [0.1, 0.15) is 0 Å². The van der Waals surface area contributed by atoms with Crippen molar-refractivity contribution < 1.29 is 14.2 Å². The summed E-state index contributed by atoms with van der Waals surface area (Å²) in [5.41, 5.74) is 3.39. The van der Waals surface area contributed by atoms with E-state index in [1.54, 1.807) is 7.11 Å². The molecule has 0 aromatic heterocycles. The molecule has 2 aromatic carbocycles. The predicted molar refractivity (Wildman–Crippen MR) is 93.3 cm³/mol. The molecule has 0 saturated heterocycles. The second-order valence-electron chi connectivity index (χ2n) is 5.07. The average Bonchev–Trinajstić information content (AvgIpc) is 2.59. The van der Waals surface area contributed by atoms with Gasteiger partial charge in [0.25, 0.3) is 0 Å². The largest absolute Gasteiger partial charge is 0.493 e. The lowest BCUT2D eigenvalue weighted by atomic mass is 10.1. The molecule has 0 heterocycles. The van der Waals surface area contributed by atoms with E-state index in [-0.39, 0.29) is 0 Å². The monoisotopic (exact) mass is 315 g/mol. The first-order valence-corrected chi connectivity index (χ1v) is 7.97. The second kappa shape index (κ2) is 9.06. The van der Waals surface area contributed by atoms with E-state index in [0.717, 1.165) is 28.3 Å². The van der Waals surface area contributed by atoms with Crippen molar-refractivity contribution in [3.05, 3.63) is 53.6 Å². The van der Waals surface area contributed by atoms with E-state index in [2.05, 4.69) is 17.4 Å². The quantitative estimate of drug-likeness (QED) is 0.751. The molecule has 0 radical (unpaired) electrons. The summed E-state index contributed by atoms with van der Waals surface area (Å²) in [6.07, 6.45) is 0. The van der Waals surface area contributed by atoms with Crippen molar-refractivity contribution in [1.29, 1.82) is 0 Å². The Bertz CT molecular complexity index is 613. The third-order valence-electron chi connectivity index (χ3n) is 3.49. The van der Waals surface area contributed by atoms with Crippen LogP contribution in [0, 0.1) is 0 Å². The Hall–Kier alpha value is -2.20. The van der Waals surface area contributed by atoms with Gasteiger partial charge in [-0.25, -0.2) is 0 Å². The van der Waals surface area contributed by atoms with Crippen LogP contribution in [0.4, 0.5) is 5.69 Å². The Morgan fingerprint density at radius 1 is 0.957 bits per heavy atom. The molecule has 124 valence electrons. The first-order valence-electron chi connectivity index (χ1n) is 7.97. The van der Waals surface area contributed by atoms with Gasteiger partial charge in [-0.05, 0) is 37.6 Å². The highest BCUT2D eigenvalue weighted by atomic mass is 16.5. The third-order valence-corrected chi connectivity index (χ3v) is 3.49. The van der Waals surface area contributed by atoms with Crippen molar-refractivity contribution in [2.45, 2.75) is 27.0 Å². The van der Waals surface area contributed by atoms with Crippen LogP contribution in [0.2, 0.25) is 0 Å². The maximum Gasteiger partial charge on any atom is 0.161 e. The molecular weight excluding hydrogens is 290 g/mol. The molecular formula is C19H25NO3. The summed E-state index contributed by atoms with van der Waals surface area (Å²) in [6.45, 7) is 6.63. The predicted octanol–water partition coefficient (Wildman–Crippen LogP) is 4.24. The SMILES string of the molecule is CCOCc1ccccc1NCc1ccc(OC)c(OCC)c1. The Morgan fingerprint density at radius 3 is 2.52 bits per heavy atom. The summed E-state index contributed by atoms with van der Waals surface area (Å²) >= 11 is 0. The Morgan fingerprint density at radius 2 is 1.78 bits per heavy atom. The lowest BCUT2D eigenvalue weighted by Gasteiger charge is -2.14. The molecule has 0 aliphatic heterocycles. The van der Waals surface area contributed by atoms with Gasteiger partial charge in [-0.3, -0.25) is 0 Å². The summed E-state index contributed by atoms with van der Waals surface area (Å²) in [4.78, 5) is 0. The number of para-hydroxylation sites is 1. The topological polar surface area (TPSA) is 39.7 Å². The van der Waals surface area contributed by atoms with Crippen LogP contribution in [0.3, 0.4) is 0 Å². The fourth-order valence-corrected chi connectivity index (χ4v) is 2.33. The van der Waals surface area contributed by atoms with Gasteiger partial charge in [-0.1, -0.05) is 24.3 Å². The standard InChI is InChI=1S/C19H25NO3/c1-4-22-14-16-8-6-7-9-17(16)20-13-15-10-11-18(21-3)19(12-15)23-5-2/h6-12,20H,4-5,13-14H2,1-3H3. The van der Waals surface area contributed by atoms with Crippen molar-refractivity contribution in [2.75, 3.05) is 25.6 Å². The lowest BCUT2D eigenvalue weighted by Crippen LogP contribution is -2.04. The fourth-order valence-electron chi connectivity index (χ4n) is 2.33. The zero-order valence-electron chi connectivity index (χ0n) is 14.1. The minimum atomic E-state index is 0.616. The van der Waals surface area contributed by atoms with Crippen molar-refractivity contribution >= 4 is 5.69 Å². The van der Waals surface area contributed by atoms with Gasteiger partial charge in [0, 0.05) is 24.4 Å². The van der Waals surface area contributed by atoms with Gasteiger partial charge in [0.05, 0.1) is 20.3 Å². The molecule has 2 rings (SSSR count). The zero-order valence-corrected chi connectivity index (χ0v) is 14.1. The van der Waals surface area contributed by atoms with Crippen LogP contribution < -0.4 is 14.8 Å². The van der Waals surface area contributed by atoms with Crippen LogP contribution in [0.1, 0.15) is 25.0 Å². The Labute approximate surface area is 138 Å². The highest BCUT2D eigenvalue weighted by Crippen LogP contribution is 2.28. The molecule has 0 fully saturated rings. The smallest absolute Gasteiger partial charge is 0.161 e. The third kappa shape index (κ3) is 4.89. The van der Waals surface area contributed by atoms with Gasteiger partial charge in [-0.15, -0.1) is 0 Å². The van der Waals surface area contributed by atoms with E-state index in [1.807, 2.05) is 44.2 Å². The van der Waals surface area contributed by atoms with E-state index in [1.165, 1.54) is 0 Å². The van der Waals surface area contributed by atoms with Gasteiger partial charge < -0.3 is 19.5 Å². The molecule has 0 unspecified atom stereocenters. The molecule has 0 spiro atoms. The molecule has 4 heteroatoms. The van der Waals surface area contributed by atoms with E-state index in [0.29, 0.717) is 26.4 Å². The first-order chi connectivity index (χ1) is 11.3. The normalized spacial score (nSPS) is 10.4. The second-order valence-corrected chi connectivity index (χ2v) is 5.07. The van der Waals surface area contributed by atoms with Crippen LogP contribution >= 0.6 is 0 Å². The Kier molecular flexibility index (Phi) is 6.76. The van der Waals surface area contributed by atoms with E-state index in [9.17, 15) is 0 Å². The number of nitrogens with one attached hydrogen (secondary N) is 1. The van der Waals surface area contributed by atoms with Gasteiger partial charge in [-0.2, -0.15) is 0 Å². The molecule has 2 aromatic rings. The van der Waals surface area contributed by atoms with E-state index >= 15 is 0 Å². The molecule has 23 heavy (non-hydrogen) atoms. The molecule has 0 saturated carbocycles. The highest BCUT2D eigenvalue weighted by Gasteiger charge is 2.06. The van der Waals surface area contributed by atoms with Crippen LogP contribution in [-0.2, 0) is 17.9 Å². The molecule has 0 aliphatic carbocycles. The zero-order chi connectivity index (χ0) is 16.5. The number of anilines is 1. The number of ether oxygens (including phenoxy) is 3. The maximum absolute atomic E-state index is 5.62. The van der Waals surface area contributed by atoms with Crippen LogP contribution in [0.5, 0.6) is 11.5 Å². The molecule has 1 N–H and O–H groups in total. The Balaban J connectivity index is 2.07. The fraction of sp³-hybridized carbons (Fsp3) is 0.368. The van der Waals surface area contributed by atoms with E-state index < -0.39 is 0 Å². The first kappa shape index (κ1) is 17.2. The molecule has 4 nitrogen and oxygen atoms in total. The number of hydrogen-bond acceptors (Lipinski definition) is 4. The number of benzene rings is 2. The molecule has 0 amide bonds. The van der Waals surface area contributed by atoms with Crippen molar-refractivity contribution in [3.8, 4) is 11.5 Å². The van der Waals surface area contributed by atoms with Gasteiger partial charge in [0.2, 0.25) is 0 Å². The summed E-state index contributed by atoms with van der Waals surface area (Å²) in [7, 11) is 1.65. The highest BCUT2D eigenvalue weighted by molar-refractivity contribution is 5.52.